The highest BCUT2D eigenvalue weighted by molar-refractivity contribution is 7.18. The number of aliphatic imine (C=N–C) groups is 1. The normalized spacial score (nSPS) is 17.6. The molecule has 8 nitrogen and oxygen atoms in total. The van der Waals surface area contributed by atoms with E-state index >= 15 is 0 Å². The number of rotatable bonds is 7. The Kier molecular flexibility index (Phi) is 5.85. The summed E-state index contributed by atoms with van der Waals surface area (Å²) in [5.74, 6) is 2.47. The number of benzene rings is 2. The predicted octanol–water partition coefficient (Wildman–Crippen LogP) is 4.40. The molecule has 0 saturated heterocycles. The van der Waals surface area contributed by atoms with E-state index in [1.54, 1.807) is 33.5 Å². The second-order valence-corrected chi connectivity index (χ2v) is 7.90. The molecule has 0 fully saturated rings. The smallest absolute Gasteiger partial charge is 0.231 e. The fourth-order valence-electron chi connectivity index (χ4n) is 3.42. The molecule has 0 amide bonds. The Morgan fingerprint density at radius 3 is 2.32 bits per heavy atom. The van der Waals surface area contributed by atoms with Crippen molar-refractivity contribution in [2.45, 2.75) is 19.1 Å². The highest BCUT2D eigenvalue weighted by atomic mass is 32.1. The minimum Gasteiger partial charge on any atom is -0.493 e. The maximum atomic E-state index is 6.19. The molecule has 162 valence electrons. The van der Waals surface area contributed by atoms with Gasteiger partial charge in [0.15, 0.2) is 16.6 Å². The van der Waals surface area contributed by atoms with Crippen LogP contribution in [-0.4, -0.2) is 38.3 Å². The van der Waals surface area contributed by atoms with Crippen molar-refractivity contribution in [2.24, 2.45) is 4.99 Å². The Labute approximate surface area is 184 Å². The van der Waals surface area contributed by atoms with Gasteiger partial charge in [-0.25, -0.2) is 9.98 Å². The Morgan fingerprint density at radius 1 is 1.03 bits per heavy atom. The molecule has 0 bridgehead atoms. The zero-order chi connectivity index (χ0) is 22.0. The number of nitrogens with zero attached hydrogens (tertiary/aromatic N) is 2. The molecule has 31 heavy (non-hydrogen) atoms. The summed E-state index contributed by atoms with van der Waals surface area (Å²) in [6.07, 6.45) is -0.149. The first-order chi connectivity index (χ1) is 15.0. The van der Waals surface area contributed by atoms with Crippen LogP contribution in [0.1, 0.15) is 23.5 Å². The fourth-order valence-corrected chi connectivity index (χ4v) is 4.26. The lowest BCUT2D eigenvalue weighted by Gasteiger charge is -2.14. The summed E-state index contributed by atoms with van der Waals surface area (Å²) >= 11 is 1.37. The van der Waals surface area contributed by atoms with E-state index in [1.165, 1.54) is 11.3 Å². The van der Waals surface area contributed by atoms with Gasteiger partial charge in [-0.3, -0.25) is 0 Å². The van der Waals surface area contributed by atoms with Crippen LogP contribution in [0, 0.1) is 0 Å². The number of thiazole rings is 1. The number of nitrogens with two attached hydrogens (primary N) is 1. The first-order valence-corrected chi connectivity index (χ1v) is 10.5. The van der Waals surface area contributed by atoms with Gasteiger partial charge in [0.05, 0.1) is 27.4 Å². The van der Waals surface area contributed by atoms with Crippen molar-refractivity contribution in [3.05, 3.63) is 52.9 Å². The van der Waals surface area contributed by atoms with Gasteiger partial charge in [-0.1, -0.05) is 41.7 Å². The van der Waals surface area contributed by atoms with Gasteiger partial charge in [0.25, 0.3) is 0 Å². The van der Waals surface area contributed by atoms with Crippen molar-refractivity contribution < 1.29 is 18.9 Å². The summed E-state index contributed by atoms with van der Waals surface area (Å²) in [5.41, 5.74) is 7.99. The van der Waals surface area contributed by atoms with Crippen LogP contribution in [0.25, 0.3) is 0 Å². The van der Waals surface area contributed by atoms with Gasteiger partial charge in [-0.15, -0.1) is 0 Å². The van der Waals surface area contributed by atoms with Crippen molar-refractivity contribution in [3.63, 3.8) is 0 Å². The minimum absolute atomic E-state index is 0.0228. The largest absolute Gasteiger partial charge is 0.493 e. The summed E-state index contributed by atoms with van der Waals surface area (Å²) < 4.78 is 22.3. The molecule has 0 saturated carbocycles. The summed E-state index contributed by atoms with van der Waals surface area (Å²) in [4.78, 5) is 9.81. The van der Waals surface area contributed by atoms with Crippen LogP contribution < -0.4 is 25.3 Å². The average Bonchev–Trinajstić information content (AvgIpc) is 3.35. The number of nitrogen functional groups attached to an aromatic ring is 1. The second kappa shape index (κ2) is 8.73. The lowest BCUT2D eigenvalue weighted by atomic mass is 10.0. The second-order valence-electron chi connectivity index (χ2n) is 6.90. The SMILES string of the molecule is COc1cc(Nc2nc(N)c(C3=N[C@H](C)C(c4ccccc4)O3)s2)cc(OC)c1OC. The van der Waals surface area contributed by atoms with Crippen LogP contribution in [0.4, 0.5) is 16.6 Å². The van der Waals surface area contributed by atoms with E-state index < -0.39 is 0 Å². The topological polar surface area (TPSA) is 100 Å². The molecule has 2 atom stereocenters. The van der Waals surface area contributed by atoms with Gasteiger partial charge in [-0.05, 0) is 12.5 Å². The molecule has 1 unspecified atom stereocenters. The quantitative estimate of drug-likeness (QED) is 0.561. The highest BCUT2D eigenvalue weighted by Gasteiger charge is 2.32. The van der Waals surface area contributed by atoms with E-state index in [4.69, 9.17) is 24.7 Å². The Balaban J connectivity index is 1.57. The van der Waals surface area contributed by atoms with Crippen LogP contribution in [-0.2, 0) is 4.74 Å². The lowest BCUT2D eigenvalue weighted by molar-refractivity contribution is 0.203. The molecule has 3 N–H and O–H groups in total. The average molecular weight is 441 g/mol. The molecule has 1 aliphatic rings. The van der Waals surface area contributed by atoms with E-state index in [2.05, 4.69) is 15.3 Å². The predicted molar refractivity (Wildman–Crippen MR) is 122 cm³/mol. The minimum atomic E-state index is -0.149. The molecular formula is C22H24N4O4S. The number of ether oxygens (including phenoxy) is 4. The van der Waals surface area contributed by atoms with E-state index in [9.17, 15) is 0 Å². The molecular weight excluding hydrogens is 416 g/mol. The maximum absolute atomic E-state index is 6.19. The molecule has 2 aromatic carbocycles. The van der Waals surface area contributed by atoms with E-state index in [0.29, 0.717) is 39.0 Å². The van der Waals surface area contributed by atoms with Crippen molar-refractivity contribution in [1.82, 2.24) is 4.98 Å². The van der Waals surface area contributed by atoms with Crippen molar-refractivity contribution in [3.8, 4) is 17.2 Å². The number of hydrogen-bond acceptors (Lipinski definition) is 9. The number of nitrogens with one attached hydrogen (secondary N) is 1. The van der Waals surface area contributed by atoms with Crippen LogP contribution in [0.3, 0.4) is 0 Å². The molecule has 0 radical (unpaired) electrons. The van der Waals surface area contributed by atoms with Gasteiger partial charge in [0.2, 0.25) is 11.6 Å². The summed E-state index contributed by atoms with van der Waals surface area (Å²) in [7, 11) is 4.70. The zero-order valence-electron chi connectivity index (χ0n) is 17.7. The Hall–Kier alpha value is -3.46. The molecule has 2 heterocycles. The van der Waals surface area contributed by atoms with Crippen LogP contribution in [0.5, 0.6) is 17.2 Å². The fraction of sp³-hybridized carbons (Fsp3) is 0.273. The molecule has 9 heteroatoms. The highest BCUT2D eigenvalue weighted by Crippen LogP contribution is 2.41. The van der Waals surface area contributed by atoms with Crippen molar-refractivity contribution in [1.29, 1.82) is 0 Å². The van der Waals surface area contributed by atoms with Crippen LogP contribution >= 0.6 is 11.3 Å². The van der Waals surface area contributed by atoms with Gasteiger partial charge in [0, 0.05) is 17.8 Å². The van der Waals surface area contributed by atoms with Gasteiger partial charge >= 0.3 is 0 Å². The number of hydrogen-bond donors (Lipinski definition) is 2. The first-order valence-electron chi connectivity index (χ1n) is 9.67. The van der Waals surface area contributed by atoms with Crippen molar-refractivity contribution in [2.75, 3.05) is 32.4 Å². The molecule has 0 aliphatic carbocycles. The summed E-state index contributed by atoms with van der Waals surface area (Å²) in [5, 5.41) is 3.85. The third-order valence-electron chi connectivity index (χ3n) is 4.89. The molecule has 4 rings (SSSR count). The number of anilines is 3. The van der Waals surface area contributed by atoms with Gasteiger partial charge in [-0.2, -0.15) is 0 Å². The van der Waals surface area contributed by atoms with Crippen LogP contribution in [0.2, 0.25) is 0 Å². The first kappa shape index (κ1) is 20.8. The van der Waals surface area contributed by atoms with Gasteiger partial charge < -0.3 is 30.0 Å². The third kappa shape index (κ3) is 4.09. The zero-order valence-corrected chi connectivity index (χ0v) is 18.5. The summed E-state index contributed by atoms with van der Waals surface area (Å²) in [6, 6.07) is 13.6. The monoisotopic (exact) mass is 440 g/mol. The molecule has 1 aliphatic heterocycles. The van der Waals surface area contributed by atoms with Crippen LogP contribution in [0.15, 0.2) is 47.5 Å². The summed E-state index contributed by atoms with van der Waals surface area (Å²) in [6.45, 7) is 2.02. The Morgan fingerprint density at radius 2 is 1.71 bits per heavy atom. The van der Waals surface area contributed by atoms with E-state index in [0.717, 1.165) is 11.3 Å². The molecule has 0 spiro atoms. The molecule has 3 aromatic rings. The van der Waals surface area contributed by atoms with E-state index in [1.807, 2.05) is 37.3 Å². The van der Waals surface area contributed by atoms with Crippen molar-refractivity contribution >= 4 is 33.9 Å². The lowest BCUT2D eigenvalue weighted by Crippen LogP contribution is -2.11. The molecule has 1 aromatic heterocycles. The Bertz CT molecular complexity index is 1080. The number of aromatic nitrogens is 1. The number of methoxy groups -OCH3 is 3. The maximum Gasteiger partial charge on any atom is 0.231 e. The van der Waals surface area contributed by atoms with E-state index in [-0.39, 0.29) is 12.1 Å². The third-order valence-corrected chi connectivity index (χ3v) is 5.86. The standard InChI is InChI=1S/C22H24N4O4S/c1-12-17(13-8-6-5-7-9-13)30-21(24-12)19-20(23)26-22(31-19)25-14-10-15(27-2)18(29-4)16(11-14)28-3/h5-12,17H,23H2,1-4H3,(H,25,26)/t12-,17?/m1/s1. The van der Waals surface area contributed by atoms with Gasteiger partial charge in [0.1, 0.15) is 16.8 Å².